The molecule has 0 aliphatic carbocycles. The van der Waals surface area contributed by atoms with E-state index in [1.54, 1.807) is 10.9 Å². The summed E-state index contributed by atoms with van der Waals surface area (Å²) in [6.07, 6.45) is 1.70. The van der Waals surface area contributed by atoms with Crippen LogP contribution in [-0.4, -0.2) is 27.1 Å². The lowest BCUT2D eigenvalue weighted by Crippen LogP contribution is -2.29. The number of hydrogen-bond donors (Lipinski definition) is 0. The first kappa shape index (κ1) is 8.81. The van der Waals surface area contributed by atoms with Crippen LogP contribution in [0.2, 0.25) is 0 Å². The molecule has 1 saturated heterocycles. The van der Waals surface area contributed by atoms with Gasteiger partial charge in [0.1, 0.15) is 5.69 Å². The van der Waals surface area contributed by atoms with E-state index in [4.69, 9.17) is 0 Å². The van der Waals surface area contributed by atoms with Gasteiger partial charge in [-0.2, -0.15) is 16.9 Å². The smallest absolute Gasteiger partial charge is 0.185 e. The van der Waals surface area contributed by atoms with Crippen LogP contribution in [0.25, 0.3) is 0 Å². The molecule has 0 aromatic carbocycles. The van der Waals surface area contributed by atoms with Gasteiger partial charge in [0.05, 0.1) is 0 Å². The molecule has 0 spiro atoms. The van der Waals surface area contributed by atoms with E-state index in [0.29, 0.717) is 0 Å². The van der Waals surface area contributed by atoms with E-state index >= 15 is 0 Å². The number of nitrogens with zero attached hydrogens (tertiary/aromatic N) is 2. The fourth-order valence-electron chi connectivity index (χ4n) is 1.39. The van der Waals surface area contributed by atoms with Gasteiger partial charge in [0.25, 0.3) is 0 Å². The second-order valence-electron chi connectivity index (χ2n) is 3.13. The van der Waals surface area contributed by atoms with Gasteiger partial charge in [-0.05, 0) is 13.0 Å². The number of ketones is 1. The molecule has 1 aliphatic rings. The molecule has 2 heterocycles. The third-order valence-corrected chi connectivity index (χ3v) is 3.55. The van der Waals surface area contributed by atoms with Crippen LogP contribution in [0, 0.1) is 5.92 Å². The van der Waals surface area contributed by atoms with E-state index in [2.05, 4.69) is 5.10 Å². The Morgan fingerprint density at radius 2 is 2.54 bits per heavy atom. The number of carbonyl (C=O) groups excluding carboxylic acids is 1. The van der Waals surface area contributed by atoms with Crippen molar-refractivity contribution in [2.24, 2.45) is 5.92 Å². The molecule has 13 heavy (non-hydrogen) atoms. The summed E-state index contributed by atoms with van der Waals surface area (Å²) in [7, 11) is 0. The molecule has 1 aromatic rings. The average molecular weight is 196 g/mol. The zero-order chi connectivity index (χ0) is 9.26. The highest BCUT2D eigenvalue weighted by Gasteiger charge is 2.28. The molecule has 1 aliphatic heterocycles. The van der Waals surface area contributed by atoms with Gasteiger partial charge < -0.3 is 0 Å². The zero-order valence-corrected chi connectivity index (χ0v) is 8.38. The monoisotopic (exact) mass is 196 g/mol. The highest BCUT2D eigenvalue weighted by Crippen LogP contribution is 2.27. The number of Topliss-reactive ketones (excluding diaryl/α,β-unsaturated/α-hetero) is 1. The molecule has 4 heteroatoms. The number of rotatable bonds is 3. The predicted octanol–water partition coefficient (Wildman–Crippen LogP) is 1.45. The Kier molecular flexibility index (Phi) is 2.40. The Hall–Kier alpha value is -0.770. The Labute approximate surface area is 81.5 Å². The van der Waals surface area contributed by atoms with Gasteiger partial charge in [0.15, 0.2) is 5.78 Å². The Bertz CT molecular complexity index is 317. The summed E-state index contributed by atoms with van der Waals surface area (Å²) in [6.45, 7) is 2.77. The molecule has 0 atom stereocenters. The Morgan fingerprint density at radius 1 is 1.77 bits per heavy atom. The molecule has 3 nitrogen and oxygen atoms in total. The van der Waals surface area contributed by atoms with E-state index in [1.165, 1.54) is 0 Å². The second-order valence-corrected chi connectivity index (χ2v) is 4.21. The fraction of sp³-hybridized carbons (Fsp3) is 0.556. The van der Waals surface area contributed by atoms with Crippen molar-refractivity contribution in [3.8, 4) is 0 Å². The third kappa shape index (κ3) is 1.50. The van der Waals surface area contributed by atoms with E-state index < -0.39 is 0 Å². The highest BCUT2D eigenvalue weighted by atomic mass is 32.2. The zero-order valence-electron chi connectivity index (χ0n) is 7.56. The van der Waals surface area contributed by atoms with Gasteiger partial charge in [-0.25, -0.2) is 0 Å². The summed E-state index contributed by atoms with van der Waals surface area (Å²) in [4.78, 5) is 11.8. The van der Waals surface area contributed by atoms with Gasteiger partial charge in [-0.15, -0.1) is 0 Å². The molecule has 1 fully saturated rings. The van der Waals surface area contributed by atoms with Crippen molar-refractivity contribution in [1.82, 2.24) is 9.78 Å². The van der Waals surface area contributed by atoms with E-state index in [0.717, 1.165) is 23.7 Å². The van der Waals surface area contributed by atoms with Crippen molar-refractivity contribution < 1.29 is 4.79 Å². The Balaban J connectivity index is 2.18. The van der Waals surface area contributed by atoms with E-state index in [9.17, 15) is 4.79 Å². The highest BCUT2D eigenvalue weighted by molar-refractivity contribution is 8.00. The number of aromatic nitrogens is 2. The first-order chi connectivity index (χ1) is 6.33. The summed E-state index contributed by atoms with van der Waals surface area (Å²) in [5.41, 5.74) is 0.771. The number of aryl methyl sites for hydroxylation is 1. The second kappa shape index (κ2) is 3.54. The first-order valence-electron chi connectivity index (χ1n) is 4.46. The third-order valence-electron chi connectivity index (χ3n) is 2.28. The number of carbonyl (C=O) groups is 1. The molecule has 0 bridgehead atoms. The van der Waals surface area contributed by atoms with E-state index in [-0.39, 0.29) is 11.7 Å². The summed E-state index contributed by atoms with van der Waals surface area (Å²) in [6, 6.07) is 1.81. The van der Waals surface area contributed by atoms with Crippen LogP contribution in [0.3, 0.4) is 0 Å². The van der Waals surface area contributed by atoms with Crippen molar-refractivity contribution in [3.63, 3.8) is 0 Å². The molecule has 0 N–H and O–H groups in total. The van der Waals surface area contributed by atoms with Gasteiger partial charge in [0, 0.05) is 30.2 Å². The van der Waals surface area contributed by atoms with Crippen LogP contribution in [0.1, 0.15) is 17.4 Å². The maximum absolute atomic E-state index is 11.8. The van der Waals surface area contributed by atoms with Crippen LogP contribution in [0.15, 0.2) is 12.3 Å². The topological polar surface area (TPSA) is 34.9 Å². The molecule has 1 aromatic heterocycles. The van der Waals surface area contributed by atoms with Crippen LogP contribution in [0.5, 0.6) is 0 Å². The van der Waals surface area contributed by atoms with E-state index in [1.807, 2.05) is 24.8 Å². The number of hydrogen-bond acceptors (Lipinski definition) is 3. The van der Waals surface area contributed by atoms with Crippen molar-refractivity contribution >= 4 is 17.5 Å². The summed E-state index contributed by atoms with van der Waals surface area (Å²) in [5.74, 6) is 2.46. The van der Waals surface area contributed by atoms with Gasteiger partial charge in [0.2, 0.25) is 0 Å². The van der Waals surface area contributed by atoms with Crippen molar-refractivity contribution in [1.29, 1.82) is 0 Å². The minimum absolute atomic E-state index is 0.243. The lowest BCUT2D eigenvalue weighted by Gasteiger charge is -2.23. The number of thioether (sulfide) groups is 1. The summed E-state index contributed by atoms with van der Waals surface area (Å²) >= 11 is 1.83. The maximum Gasteiger partial charge on any atom is 0.185 e. The van der Waals surface area contributed by atoms with Crippen LogP contribution >= 0.6 is 11.8 Å². The lowest BCUT2D eigenvalue weighted by atomic mass is 10.1. The van der Waals surface area contributed by atoms with Crippen LogP contribution < -0.4 is 0 Å². The van der Waals surface area contributed by atoms with Crippen molar-refractivity contribution in [2.45, 2.75) is 13.5 Å². The summed E-state index contributed by atoms with van der Waals surface area (Å²) < 4.78 is 1.77. The van der Waals surface area contributed by atoms with Crippen LogP contribution in [0.4, 0.5) is 0 Å². The normalized spacial score (nSPS) is 17.0. The van der Waals surface area contributed by atoms with Crippen LogP contribution in [-0.2, 0) is 6.54 Å². The van der Waals surface area contributed by atoms with Gasteiger partial charge in [-0.3, -0.25) is 9.48 Å². The predicted molar refractivity (Wildman–Crippen MR) is 53.0 cm³/mol. The first-order valence-corrected chi connectivity index (χ1v) is 5.62. The lowest BCUT2D eigenvalue weighted by molar-refractivity contribution is 0.0928. The molecule has 2 rings (SSSR count). The molecular weight excluding hydrogens is 184 g/mol. The molecule has 0 amide bonds. The van der Waals surface area contributed by atoms with Crippen molar-refractivity contribution in [3.05, 3.63) is 18.0 Å². The largest absolute Gasteiger partial charge is 0.292 e. The van der Waals surface area contributed by atoms with Gasteiger partial charge >= 0.3 is 0 Å². The summed E-state index contributed by atoms with van der Waals surface area (Å²) in [5, 5.41) is 4.09. The van der Waals surface area contributed by atoms with Gasteiger partial charge in [-0.1, -0.05) is 0 Å². The minimum atomic E-state index is 0.243. The minimum Gasteiger partial charge on any atom is -0.292 e. The quantitative estimate of drug-likeness (QED) is 0.686. The maximum atomic E-state index is 11.8. The molecule has 70 valence electrons. The molecular formula is C9H12N2OS. The standard InChI is InChI=1S/C9H12N2OS/c1-2-11-8(3-4-10-11)9(12)7-5-13-6-7/h3-4,7H,2,5-6H2,1H3. The van der Waals surface area contributed by atoms with Crippen molar-refractivity contribution in [2.75, 3.05) is 11.5 Å². The SMILES string of the molecule is CCn1nccc1C(=O)C1CSC1. The Morgan fingerprint density at radius 3 is 3.08 bits per heavy atom. The average Bonchev–Trinajstić information content (AvgIpc) is 2.47. The molecule has 0 unspecified atom stereocenters. The fourth-order valence-corrected chi connectivity index (χ4v) is 2.16. The molecule has 0 radical (unpaired) electrons. The molecule has 0 saturated carbocycles.